The molecule has 0 saturated carbocycles. The summed E-state index contributed by atoms with van der Waals surface area (Å²) in [5.41, 5.74) is 1.70. The Kier molecular flexibility index (Phi) is 4.22. The van der Waals surface area contributed by atoms with E-state index < -0.39 is 10.0 Å². The van der Waals surface area contributed by atoms with Gasteiger partial charge in [0.25, 0.3) is 10.0 Å². The summed E-state index contributed by atoms with van der Waals surface area (Å²) in [6.07, 6.45) is 0. The molecule has 114 valence electrons. The van der Waals surface area contributed by atoms with E-state index in [1.165, 1.54) is 7.11 Å². The van der Waals surface area contributed by atoms with Crippen molar-refractivity contribution in [3.63, 3.8) is 0 Å². The molecule has 0 amide bonds. The van der Waals surface area contributed by atoms with Crippen molar-refractivity contribution in [2.75, 3.05) is 11.8 Å². The first kappa shape index (κ1) is 15.4. The van der Waals surface area contributed by atoms with Crippen LogP contribution in [0.1, 0.15) is 31.0 Å². The van der Waals surface area contributed by atoms with Gasteiger partial charge in [-0.15, -0.1) is 0 Å². The number of aryl methyl sites for hydroxylation is 1. The molecule has 0 radical (unpaired) electrons. The van der Waals surface area contributed by atoms with E-state index in [4.69, 9.17) is 4.74 Å². The van der Waals surface area contributed by atoms with Crippen LogP contribution >= 0.6 is 0 Å². The molecule has 2 N–H and O–H groups in total. The fourth-order valence-electron chi connectivity index (χ4n) is 1.87. The van der Waals surface area contributed by atoms with E-state index in [0.717, 1.165) is 11.3 Å². The third kappa shape index (κ3) is 3.36. The predicted molar refractivity (Wildman–Crippen MR) is 81.2 cm³/mol. The van der Waals surface area contributed by atoms with Gasteiger partial charge >= 0.3 is 0 Å². The maximum absolute atomic E-state index is 12.5. The van der Waals surface area contributed by atoms with Crippen molar-refractivity contribution in [3.05, 3.63) is 35.5 Å². The summed E-state index contributed by atoms with van der Waals surface area (Å²) in [5.74, 6) is 0.805. The Bertz CT molecular complexity index is 736. The van der Waals surface area contributed by atoms with E-state index in [-0.39, 0.29) is 16.6 Å². The summed E-state index contributed by atoms with van der Waals surface area (Å²) in [5, 5.41) is 6.78. The molecule has 0 saturated heterocycles. The Morgan fingerprint density at radius 3 is 2.57 bits per heavy atom. The van der Waals surface area contributed by atoms with E-state index >= 15 is 0 Å². The van der Waals surface area contributed by atoms with Crippen LogP contribution in [-0.4, -0.2) is 25.7 Å². The quantitative estimate of drug-likeness (QED) is 0.889. The monoisotopic (exact) mass is 309 g/mol. The van der Waals surface area contributed by atoms with Crippen molar-refractivity contribution in [1.82, 2.24) is 10.2 Å². The molecule has 0 atom stereocenters. The highest BCUT2D eigenvalue weighted by Crippen LogP contribution is 2.26. The lowest BCUT2D eigenvalue weighted by atomic mass is 10.1. The number of aromatic amines is 1. The van der Waals surface area contributed by atoms with Gasteiger partial charge < -0.3 is 4.74 Å². The summed E-state index contributed by atoms with van der Waals surface area (Å²) < 4.78 is 32.5. The largest absolute Gasteiger partial charge is 0.495 e. The molecule has 0 unspecified atom stereocenters. The first-order valence-corrected chi connectivity index (χ1v) is 8.04. The molecule has 0 spiro atoms. The molecule has 0 aliphatic rings. The van der Waals surface area contributed by atoms with Crippen molar-refractivity contribution in [1.29, 1.82) is 0 Å². The second kappa shape index (κ2) is 5.77. The Morgan fingerprint density at radius 2 is 2.00 bits per heavy atom. The van der Waals surface area contributed by atoms with Gasteiger partial charge in [0.05, 0.1) is 7.11 Å². The lowest BCUT2D eigenvalue weighted by Gasteiger charge is -2.10. The van der Waals surface area contributed by atoms with Gasteiger partial charge in [0.15, 0.2) is 5.82 Å². The average Bonchev–Trinajstić information content (AvgIpc) is 2.86. The zero-order valence-electron chi connectivity index (χ0n) is 12.5. The number of ether oxygens (including phenoxy) is 1. The van der Waals surface area contributed by atoms with Crippen molar-refractivity contribution < 1.29 is 13.2 Å². The summed E-state index contributed by atoms with van der Waals surface area (Å²) >= 11 is 0. The van der Waals surface area contributed by atoms with Crippen LogP contribution in [0.2, 0.25) is 0 Å². The first-order chi connectivity index (χ1) is 9.83. The molecule has 1 aromatic heterocycles. The smallest absolute Gasteiger partial charge is 0.266 e. The van der Waals surface area contributed by atoms with Gasteiger partial charge in [-0.3, -0.25) is 9.82 Å². The second-order valence-corrected chi connectivity index (χ2v) is 6.77. The van der Waals surface area contributed by atoms with Gasteiger partial charge in [0.1, 0.15) is 10.6 Å². The normalized spacial score (nSPS) is 11.7. The molecule has 2 rings (SSSR count). The highest BCUT2D eigenvalue weighted by molar-refractivity contribution is 7.92. The minimum absolute atomic E-state index is 0.0964. The van der Waals surface area contributed by atoms with Crippen LogP contribution in [0.15, 0.2) is 29.2 Å². The van der Waals surface area contributed by atoms with Crippen LogP contribution in [0.5, 0.6) is 5.75 Å². The van der Waals surface area contributed by atoms with Crippen LogP contribution in [0.4, 0.5) is 5.82 Å². The zero-order valence-corrected chi connectivity index (χ0v) is 13.3. The van der Waals surface area contributed by atoms with Crippen LogP contribution in [-0.2, 0) is 10.0 Å². The maximum atomic E-state index is 12.5. The van der Waals surface area contributed by atoms with Crippen molar-refractivity contribution in [3.8, 4) is 5.75 Å². The Balaban J connectivity index is 2.35. The van der Waals surface area contributed by atoms with Crippen molar-refractivity contribution >= 4 is 15.8 Å². The van der Waals surface area contributed by atoms with Gasteiger partial charge in [-0.25, -0.2) is 8.42 Å². The van der Waals surface area contributed by atoms with E-state index in [9.17, 15) is 8.42 Å². The molecule has 21 heavy (non-hydrogen) atoms. The van der Waals surface area contributed by atoms with Crippen LogP contribution in [0.25, 0.3) is 0 Å². The van der Waals surface area contributed by atoms with Gasteiger partial charge in [-0.1, -0.05) is 19.9 Å². The number of benzene rings is 1. The number of hydrogen-bond acceptors (Lipinski definition) is 4. The Morgan fingerprint density at radius 1 is 1.29 bits per heavy atom. The number of nitrogens with zero attached hydrogens (tertiary/aromatic N) is 1. The molecule has 6 nitrogen and oxygen atoms in total. The number of rotatable bonds is 5. The van der Waals surface area contributed by atoms with E-state index in [2.05, 4.69) is 14.9 Å². The van der Waals surface area contributed by atoms with Crippen LogP contribution in [0, 0.1) is 6.92 Å². The topological polar surface area (TPSA) is 84.1 Å². The van der Waals surface area contributed by atoms with E-state index in [0.29, 0.717) is 5.75 Å². The summed E-state index contributed by atoms with van der Waals surface area (Å²) in [4.78, 5) is 0.0964. The molecule has 0 aliphatic heterocycles. The van der Waals surface area contributed by atoms with Gasteiger partial charge in [-0.05, 0) is 30.5 Å². The van der Waals surface area contributed by atoms with Crippen LogP contribution in [0.3, 0.4) is 0 Å². The highest BCUT2D eigenvalue weighted by Gasteiger charge is 2.21. The minimum Gasteiger partial charge on any atom is -0.495 e. The first-order valence-electron chi connectivity index (χ1n) is 6.56. The number of nitrogens with one attached hydrogen (secondary N) is 2. The number of sulfonamides is 1. The average molecular weight is 309 g/mol. The number of H-pyrrole nitrogens is 1. The summed E-state index contributed by atoms with van der Waals surface area (Å²) in [6.45, 7) is 5.81. The SMILES string of the molecule is COc1ccc(C)cc1S(=O)(=O)Nc1cc(C(C)C)[nH]n1. The zero-order chi connectivity index (χ0) is 15.6. The molecule has 0 bridgehead atoms. The molecule has 1 aromatic carbocycles. The third-order valence-corrected chi connectivity index (χ3v) is 4.44. The molecule has 0 fully saturated rings. The number of anilines is 1. The highest BCUT2D eigenvalue weighted by atomic mass is 32.2. The van der Waals surface area contributed by atoms with Crippen LogP contribution < -0.4 is 9.46 Å². The van der Waals surface area contributed by atoms with Gasteiger partial charge in [-0.2, -0.15) is 5.10 Å². The number of hydrogen-bond donors (Lipinski definition) is 2. The standard InChI is InChI=1S/C14H19N3O3S/c1-9(2)11-8-14(16-15-11)17-21(18,19)13-7-10(3)5-6-12(13)20-4/h5-9H,1-4H3,(H2,15,16,17). The number of methoxy groups -OCH3 is 1. The predicted octanol–water partition coefficient (Wildman–Crippen LogP) is 2.65. The maximum Gasteiger partial charge on any atom is 0.266 e. The molecule has 7 heteroatoms. The van der Waals surface area contributed by atoms with E-state index in [1.807, 2.05) is 20.8 Å². The molecule has 2 aromatic rings. The lowest BCUT2D eigenvalue weighted by molar-refractivity contribution is 0.402. The minimum atomic E-state index is -3.75. The summed E-state index contributed by atoms with van der Waals surface area (Å²) in [7, 11) is -2.31. The molecule has 1 heterocycles. The second-order valence-electron chi connectivity index (χ2n) is 5.12. The molecular formula is C14H19N3O3S. The third-order valence-electron chi connectivity index (χ3n) is 3.07. The fourth-order valence-corrected chi connectivity index (χ4v) is 3.12. The number of aromatic nitrogens is 2. The van der Waals surface area contributed by atoms with E-state index in [1.54, 1.807) is 24.3 Å². The molecular weight excluding hydrogens is 290 g/mol. The Hall–Kier alpha value is -2.02. The lowest BCUT2D eigenvalue weighted by Crippen LogP contribution is -2.14. The molecule has 0 aliphatic carbocycles. The summed E-state index contributed by atoms with van der Waals surface area (Å²) in [6, 6.07) is 6.68. The fraction of sp³-hybridized carbons (Fsp3) is 0.357. The van der Waals surface area contributed by atoms with Crippen molar-refractivity contribution in [2.24, 2.45) is 0 Å². The van der Waals surface area contributed by atoms with Crippen molar-refractivity contribution in [2.45, 2.75) is 31.6 Å². The Labute approximate surface area is 124 Å². The van der Waals surface area contributed by atoms with Gasteiger partial charge in [0.2, 0.25) is 0 Å². The van der Waals surface area contributed by atoms with Gasteiger partial charge in [0, 0.05) is 11.8 Å².